The number of thioether (sulfide) groups is 1. The highest BCUT2D eigenvalue weighted by atomic mass is 35.5. The van der Waals surface area contributed by atoms with Gasteiger partial charge in [0.05, 0.1) is 10.8 Å². The molecule has 0 bridgehead atoms. The zero-order valence-electron chi connectivity index (χ0n) is 7.07. The van der Waals surface area contributed by atoms with Gasteiger partial charge in [0.2, 0.25) is 0 Å². The number of fused-ring (bicyclic) bond motifs is 1. The molecule has 0 aliphatic heterocycles. The number of hydrogen-bond acceptors (Lipinski definition) is 3. The number of aromatic nitrogens is 3. The molecule has 0 unspecified atom stereocenters. The predicted molar refractivity (Wildman–Crippen MR) is 55.2 cm³/mol. The van der Waals surface area contributed by atoms with Crippen molar-refractivity contribution in [1.29, 1.82) is 0 Å². The second kappa shape index (κ2) is 3.55. The summed E-state index contributed by atoms with van der Waals surface area (Å²) in [6, 6.07) is 3.67. The molecule has 2 aromatic heterocycles. The minimum Gasteiger partial charge on any atom is -0.219 e. The molecule has 0 atom stereocenters. The molecule has 5 heteroatoms. The van der Waals surface area contributed by atoms with Gasteiger partial charge in [-0.15, -0.1) is 0 Å². The molecule has 13 heavy (non-hydrogen) atoms. The number of hydrogen-bond donors (Lipinski definition) is 0. The van der Waals surface area contributed by atoms with Crippen molar-refractivity contribution in [3.63, 3.8) is 0 Å². The summed E-state index contributed by atoms with van der Waals surface area (Å²) in [5.41, 5.74) is 0.841. The first kappa shape index (κ1) is 8.84. The van der Waals surface area contributed by atoms with Crippen LogP contribution >= 0.6 is 23.4 Å². The van der Waals surface area contributed by atoms with E-state index in [1.165, 1.54) is 0 Å². The molecule has 0 aliphatic rings. The van der Waals surface area contributed by atoms with Gasteiger partial charge in [0.15, 0.2) is 11.5 Å². The van der Waals surface area contributed by atoms with Crippen molar-refractivity contribution < 1.29 is 0 Å². The van der Waals surface area contributed by atoms with Gasteiger partial charge in [-0.3, -0.25) is 0 Å². The van der Waals surface area contributed by atoms with Crippen LogP contribution in [0.3, 0.4) is 0 Å². The van der Waals surface area contributed by atoms with Crippen LogP contribution in [0.5, 0.6) is 0 Å². The van der Waals surface area contributed by atoms with Crippen molar-refractivity contribution in [3.8, 4) is 0 Å². The molecule has 0 fully saturated rings. The quantitative estimate of drug-likeness (QED) is 0.767. The molecule has 0 N–H and O–H groups in total. The highest BCUT2D eigenvalue weighted by Gasteiger charge is 2.01. The van der Waals surface area contributed by atoms with Crippen molar-refractivity contribution in [1.82, 2.24) is 14.6 Å². The molecular formula is C8H8ClN3S. The maximum absolute atomic E-state index is 5.81. The monoisotopic (exact) mass is 213 g/mol. The van der Waals surface area contributed by atoms with Gasteiger partial charge in [-0.1, -0.05) is 11.6 Å². The molecule has 2 rings (SSSR count). The highest BCUT2D eigenvalue weighted by Crippen LogP contribution is 2.11. The summed E-state index contributed by atoms with van der Waals surface area (Å²) in [6.45, 7) is 0. The van der Waals surface area contributed by atoms with Crippen molar-refractivity contribution in [2.45, 2.75) is 5.75 Å². The molecule has 3 nitrogen and oxygen atoms in total. The second-order valence-corrected chi connectivity index (χ2v) is 3.91. The summed E-state index contributed by atoms with van der Waals surface area (Å²) in [7, 11) is 0. The van der Waals surface area contributed by atoms with Gasteiger partial charge < -0.3 is 0 Å². The highest BCUT2D eigenvalue weighted by molar-refractivity contribution is 7.97. The number of rotatable bonds is 2. The van der Waals surface area contributed by atoms with Crippen LogP contribution in [0.25, 0.3) is 5.65 Å². The van der Waals surface area contributed by atoms with Crippen LogP contribution in [0.15, 0.2) is 18.3 Å². The molecular weight excluding hydrogens is 206 g/mol. The first-order valence-electron chi connectivity index (χ1n) is 3.79. The lowest BCUT2D eigenvalue weighted by Crippen LogP contribution is -1.87. The first-order valence-corrected chi connectivity index (χ1v) is 5.56. The van der Waals surface area contributed by atoms with Crippen molar-refractivity contribution >= 4 is 29.0 Å². The van der Waals surface area contributed by atoms with Crippen LogP contribution in [-0.4, -0.2) is 20.9 Å². The fourth-order valence-corrected chi connectivity index (χ4v) is 1.63. The smallest absolute Gasteiger partial charge is 0.161 e. The third-order valence-corrected chi connectivity index (χ3v) is 2.38. The third-order valence-electron chi connectivity index (χ3n) is 1.61. The topological polar surface area (TPSA) is 30.2 Å². The van der Waals surface area contributed by atoms with E-state index in [9.17, 15) is 0 Å². The number of halogens is 1. The molecule has 2 heterocycles. The summed E-state index contributed by atoms with van der Waals surface area (Å²) in [5.74, 6) is 1.68. The van der Waals surface area contributed by atoms with Gasteiger partial charge >= 0.3 is 0 Å². The number of pyridine rings is 1. The Hall–Kier alpha value is -0.740. The van der Waals surface area contributed by atoms with E-state index >= 15 is 0 Å². The fraction of sp³-hybridized carbons (Fsp3) is 0.250. The minimum absolute atomic E-state index is 0.674. The standard InChI is InChI=1S/C8H8ClN3S/c1-13-5-7-10-8-3-2-6(9)4-12(8)11-7/h2-4H,5H2,1H3. The molecule has 0 amide bonds. The zero-order valence-corrected chi connectivity index (χ0v) is 8.64. The summed E-state index contributed by atoms with van der Waals surface area (Å²) in [5, 5.41) is 4.94. The van der Waals surface area contributed by atoms with Crippen LogP contribution in [0.4, 0.5) is 0 Å². The molecule has 2 aromatic rings. The van der Waals surface area contributed by atoms with Crippen LogP contribution in [0.2, 0.25) is 5.02 Å². The summed E-state index contributed by atoms with van der Waals surface area (Å²) in [6.07, 6.45) is 3.78. The van der Waals surface area contributed by atoms with Crippen LogP contribution in [0, 0.1) is 0 Å². The molecule has 68 valence electrons. The first-order chi connectivity index (χ1) is 6.29. The van der Waals surface area contributed by atoms with Crippen molar-refractivity contribution in [2.24, 2.45) is 0 Å². The van der Waals surface area contributed by atoms with Crippen LogP contribution in [0.1, 0.15) is 5.82 Å². The maximum Gasteiger partial charge on any atom is 0.161 e. The van der Waals surface area contributed by atoms with Gasteiger partial charge in [-0.05, 0) is 18.4 Å². The predicted octanol–water partition coefficient (Wildman–Crippen LogP) is 2.25. The average molecular weight is 214 g/mol. The molecule has 0 radical (unpaired) electrons. The summed E-state index contributed by atoms with van der Waals surface area (Å²) < 4.78 is 1.70. The van der Waals surface area contributed by atoms with Gasteiger partial charge in [-0.25, -0.2) is 9.50 Å². The van der Waals surface area contributed by atoms with Crippen LogP contribution < -0.4 is 0 Å². The van der Waals surface area contributed by atoms with Crippen LogP contribution in [-0.2, 0) is 5.75 Å². The van der Waals surface area contributed by atoms with Gasteiger partial charge in [-0.2, -0.15) is 16.9 Å². The number of nitrogens with zero attached hydrogens (tertiary/aromatic N) is 3. The van der Waals surface area contributed by atoms with E-state index < -0.39 is 0 Å². The Morgan fingerprint density at radius 1 is 1.54 bits per heavy atom. The third kappa shape index (κ3) is 1.78. The van der Waals surface area contributed by atoms with E-state index in [1.54, 1.807) is 22.5 Å². The van der Waals surface area contributed by atoms with E-state index in [1.807, 2.05) is 18.4 Å². The van der Waals surface area contributed by atoms with E-state index in [0.29, 0.717) is 5.02 Å². The van der Waals surface area contributed by atoms with E-state index in [2.05, 4.69) is 10.1 Å². The normalized spacial score (nSPS) is 10.9. The second-order valence-electron chi connectivity index (χ2n) is 2.61. The molecule has 0 spiro atoms. The zero-order chi connectivity index (χ0) is 9.26. The Bertz CT molecular complexity index is 426. The lowest BCUT2D eigenvalue weighted by atomic mass is 10.5. The fourth-order valence-electron chi connectivity index (χ4n) is 1.09. The largest absolute Gasteiger partial charge is 0.219 e. The molecule has 0 aliphatic carbocycles. The average Bonchev–Trinajstić information content (AvgIpc) is 2.46. The Morgan fingerprint density at radius 2 is 2.38 bits per heavy atom. The van der Waals surface area contributed by atoms with E-state index in [0.717, 1.165) is 17.2 Å². The van der Waals surface area contributed by atoms with Crippen molar-refractivity contribution in [3.05, 3.63) is 29.2 Å². The van der Waals surface area contributed by atoms with Crippen molar-refractivity contribution in [2.75, 3.05) is 6.26 Å². The lowest BCUT2D eigenvalue weighted by Gasteiger charge is -1.89. The molecule has 0 aromatic carbocycles. The van der Waals surface area contributed by atoms with Gasteiger partial charge in [0, 0.05) is 6.20 Å². The maximum atomic E-state index is 5.81. The summed E-state index contributed by atoms with van der Waals surface area (Å²) >= 11 is 7.51. The van der Waals surface area contributed by atoms with Gasteiger partial charge in [0.1, 0.15) is 0 Å². The van der Waals surface area contributed by atoms with Gasteiger partial charge in [0.25, 0.3) is 0 Å². The Labute approximate surface area is 85.1 Å². The Kier molecular flexibility index (Phi) is 2.42. The SMILES string of the molecule is CSCc1nc2ccc(Cl)cn2n1. The summed E-state index contributed by atoms with van der Waals surface area (Å²) in [4.78, 5) is 4.32. The van der Waals surface area contributed by atoms with E-state index in [-0.39, 0.29) is 0 Å². The lowest BCUT2D eigenvalue weighted by molar-refractivity contribution is 0.925. The molecule has 0 saturated heterocycles. The molecule has 0 saturated carbocycles. The Morgan fingerprint density at radius 3 is 3.15 bits per heavy atom. The van der Waals surface area contributed by atoms with E-state index in [4.69, 9.17) is 11.6 Å². The Balaban J connectivity index is 2.49. The minimum atomic E-state index is 0.674.